The summed E-state index contributed by atoms with van der Waals surface area (Å²) >= 11 is 0. The van der Waals surface area contributed by atoms with Gasteiger partial charge in [0.2, 0.25) is 0 Å². The number of hydrogen-bond donors (Lipinski definition) is 0. The maximum atomic E-state index is 11.6. The van der Waals surface area contributed by atoms with E-state index in [-0.39, 0.29) is 0 Å². The average molecular weight is 156 g/mol. The van der Waals surface area contributed by atoms with Crippen molar-refractivity contribution in [2.75, 3.05) is 0 Å². The monoisotopic (exact) mass is 156 g/mol. The van der Waals surface area contributed by atoms with E-state index in [1.165, 1.54) is 6.92 Å². The molecule has 0 aromatic rings. The van der Waals surface area contributed by atoms with Crippen LogP contribution in [0, 0.1) is 0 Å². The van der Waals surface area contributed by atoms with Crippen molar-refractivity contribution in [1.29, 1.82) is 0 Å². The molecule has 0 radical (unpaired) electrons. The van der Waals surface area contributed by atoms with Gasteiger partial charge in [-0.2, -0.15) is 8.42 Å². The molecule has 0 fully saturated rings. The number of halogens is 1. The van der Waals surface area contributed by atoms with E-state index >= 15 is 0 Å². The molecule has 0 aliphatic carbocycles. The van der Waals surface area contributed by atoms with Crippen LogP contribution in [0.5, 0.6) is 0 Å². The first-order valence-corrected chi connectivity index (χ1v) is 3.89. The van der Waals surface area contributed by atoms with E-state index in [2.05, 4.69) is 4.18 Å². The fraction of sp³-hybridized carbons (Fsp3) is 1.00. The minimum atomic E-state index is -4.74. The summed E-state index contributed by atoms with van der Waals surface area (Å²) in [4.78, 5) is 0. The fourth-order valence-electron chi connectivity index (χ4n) is 0.264. The Morgan fingerprint density at radius 3 is 2.22 bits per heavy atom. The molecule has 9 heavy (non-hydrogen) atoms. The predicted octanol–water partition coefficient (Wildman–Crippen LogP) is 1.02. The maximum absolute atomic E-state index is 11.6. The Morgan fingerprint density at radius 1 is 1.67 bits per heavy atom. The molecule has 0 saturated heterocycles. The third kappa shape index (κ3) is 5.72. The third-order valence-electron chi connectivity index (χ3n) is 0.854. The van der Waals surface area contributed by atoms with Gasteiger partial charge in [0.15, 0.2) is 0 Å². The Morgan fingerprint density at radius 2 is 2.11 bits per heavy atom. The van der Waals surface area contributed by atoms with Crippen LogP contribution in [0.1, 0.15) is 20.3 Å². The van der Waals surface area contributed by atoms with Gasteiger partial charge in [-0.1, -0.05) is 10.8 Å². The van der Waals surface area contributed by atoms with Crippen molar-refractivity contribution in [2.24, 2.45) is 0 Å². The standard InChI is InChI=1S/C4H9FO3S/c1-3-4(2)8-9(5,6)7/h4H,3H2,1-2H3. The Labute approximate surface area is 54.2 Å². The molecule has 0 aromatic heterocycles. The average Bonchev–Trinajstić information content (AvgIpc) is 1.62. The highest BCUT2D eigenvalue weighted by molar-refractivity contribution is 7.81. The second-order valence-corrected chi connectivity index (χ2v) is 2.69. The van der Waals surface area contributed by atoms with Crippen molar-refractivity contribution in [3.05, 3.63) is 0 Å². The molecule has 0 rings (SSSR count). The molecular weight excluding hydrogens is 147 g/mol. The first-order valence-electron chi connectivity index (χ1n) is 2.58. The van der Waals surface area contributed by atoms with E-state index in [1.807, 2.05) is 0 Å². The highest BCUT2D eigenvalue weighted by atomic mass is 32.3. The normalized spacial score (nSPS) is 15.4. The molecule has 56 valence electrons. The molecule has 1 unspecified atom stereocenters. The molecule has 0 heterocycles. The zero-order valence-corrected chi connectivity index (χ0v) is 6.11. The first kappa shape index (κ1) is 8.84. The Balaban J connectivity index is 3.75. The van der Waals surface area contributed by atoms with Gasteiger partial charge in [-0.25, -0.2) is 4.18 Å². The van der Waals surface area contributed by atoms with Crippen LogP contribution in [-0.2, 0) is 14.7 Å². The van der Waals surface area contributed by atoms with E-state index in [1.54, 1.807) is 6.92 Å². The zero-order valence-electron chi connectivity index (χ0n) is 5.30. The van der Waals surface area contributed by atoms with Gasteiger partial charge >= 0.3 is 10.5 Å². The zero-order chi connectivity index (χ0) is 7.49. The number of rotatable bonds is 3. The molecule has 0 amide bonds. The van der Waals surface area contributed by atoms with Gasteiger partial charge in [0, 0.05) is 0 Å². The summed E-state index contributed by atoms with van der Waals surface area (Å²) in [6.07, 6.45) is -0.0941. The van der Waals surface area contributed by atoms with Crippen LogP contribution in [0.3, 0.4) is 0 Å². The van der Waals surface area contributed by atoms with Gasteiger partial charge in [-0.3, -0.25) is 0 Å². The van der Waals surface area contributed by atoms with Crippen molar-refractivity contribution in [3.8, 4) is 0 Å². The predicted molar refractivity (Wildman–Crippen MR) is 30.9 cm³/mol. The van der Waals surface area contributed by atoms with Crippen molar-refractivity contribution in [3.63, 3.8) is 0 Å². The van der Waals surface area contributed by atoms with Gasteiger partial charge in [0.1, 0.15) is 0 Å². The highest BCUT2D eigenvalue weighted by Gasteiger charge is 2.11. The van der Waals surface area contributed by atoms with Crippen molar-refractivity contribution in [2.45, 2.75) is 26.4 Å². The molecular formula is C4H9FO3S. The molecule has 0 N–H and O–H groups in total. The minimum Gasteiger partial charge on any atom is -0.242 e. The second-order valence-electron chi connectivity index (χ2n) is 1.71. The maximum Gasteiger partial charge on any atom is 0.437 e. The fourth-order valence-corrected chi connectivity index (χ4v) is 0.793. The quantitative estimate of drug-likeness (QED) is 0.573. The lowest BCUT2D eigenvalue weighted by atomic mass is 10.3. The molecule has 0 saturated carbocycles. The first-order chi connectivity index (χ1) is 3.95. The van der Waals surface area contributed by atoms with E-state index < -0.39 is 16.6 Å². The van der Waals surface area contributed by atoms with E-state index in [0.717, 1.165) is 0 Å². The largest absolute Gasteiger partial charge is 0.437 e. The molecule has 5 heteroatoms. The van der Waals surface area contributed by atoms with Crippen LogP contribution >= 0.6 is 0 Å². The summed E-state index contributed by atoms with van der Waals surface area (Å²) in [6, 6.07) is 0. The molecule has 1 atom stereocenters. The summed E-state index contributed by atoms with van der Waals surface area (Å²) in [5.41, 5.74) is 0. The van der Waals surface area contributed by atoms with Gasteiger partial charge in [0.05, 0.1) is 6.10 Å². The molecule has 0 aliphatic rings. The van der Waals surface area contributed by atoms with Crippen LogP contribution in [0.15, 0.2) is 0 Å². The van der Waals surface area contributed by atoms with Crippen LogP contribution in [0.4, 0.5) is 3.89 Å². The summed E-state index contributed by atoms with van der Waals surface area (Å²) in [5, 5.41) is 0. The second kappa shape index (κ2) is 3.12. The summed E-state index contributed by atoms with van der Waals surface area (Å²) in [6.45, 7) is 3.19. The molecule has 0 aliphatic heterocycles. The third-order valence-corrected chi connectivity index (χ3v) is 1.41. The van der Waals surface area contributed by atoms with Crippen LogP contribution in [0.25, 0.3) is 0 Å². The lowest BCUT2D eigenvalue weighted by molar-refractivity contribution is 0.209. The molecule has 0 aromatic carbocycles. The van der Waals surface area contributed by atoms with E-state index in [9.17, 15) is 12.3 Å². The van der Waals surface area contributed by atoms with Crippen LogP contribution in [0.2, 0.25) is 0 Å². The lowest BCUT2D eigenvalue weighted by Crippen LogP contribution is -2.09. The Kier molecular flexibility index (Phi) is 3.07. The molecule has 3 nitrogen and oxygen atoms in total. The van der Waals surface area contributed by atoms with Gasteiger partial charge in [-0.15, -0.1) is 0 Å². The van der Waals surface area contributed by atoms with Gasteiger partial charge in [-0.05, 0) is 13.3 Å². The highest BCUT2D eigenvalue weighted by Crippen LogP contribution is 2.02. The van der Waals surface area contributed by atoms with Crippen molar-refractivity contribution < 1.29 is 16.5 Å². The van der Waals surface area contributed by atoms with Crippen molar-refractivity contribution >= 4 is 10.5 Å². The van der Waals surface area contributed by atoms with Crippen LogP contribution in [-0.4, -0.2) is 14.5 Å². The van der Waals surface area contributed by atoms with Crippen LogP contribution < -0.4 is 0 Å². The van der Waals surface area contributed by atoms with Gasteiger partial charge in [0.25, 0.3) is 0 Å². The van der Waals surface area contributed by atoms with Crippen molar-refractivity contribution in [1.82, 2.24) is 0 Å². The smallest absolute Gasteiger partial charge is 0.242 e. The molecule has 0 spiro atoms. The minimum absolute atomic E-state index is 0.475. The summed E-state index contributed by atoms with van der Waals surface area (Å²) in [5.74, 6) is 0. The molecule has 0 bridgehead atoms. The SMILES string of the molecule is CCC(C)OS(=O)(=O)F. The van der Waals surface area contributed by atoms with Gasteiger partial charge < -0.3 is 0 Å². The van der Waals surface area contributed by atoms with E-state index in [4.69, 9.17) is 0 Å². The summed E-state index contributed by atoms with van der Waals surface area (Å²) in [7, 11) is -4.74. The Bertz CT molecular complexity index is 163. The lowest BCUT2D eigenvalue weighted by Gasteiger charge is -2.03. The topological polar surface area (TPSA) is 43.4 Å². The Hall–Kier alpha value is -0.160. The van der Waals surface area contributed by atoms with E-state index in [0.29, 0.717) is 6.42 Å². The summed E-state index contributed by atoms with van der Waals surface area (Å²) < 4.78 is 34.9. The number of hydrogen-bond acceptors (Lipinski definition) is 3.